The zero-order valence-corrected chi connectivity index (χ0v) is 15.8. The molecule has 1 N–H and O–H groups in total. The van der Waals surface area contributed by atoms with Gasteiger partial charge in [0.05, 0.1) is 4.88 Å². The van der Waals surface area contributed by atoms with Crippen LogP contribution in [0, 0.1) is 13.8 Å². The Kier molecular flexibility index (Phi) is 5.16. The highest BCUT2D eigenvalue weighted by atomic mass is 32.1. The van der Waals surface area contributed by atoms with E-state index >= 15 is 0 Å². The van der Waals surface area contributed by atoms with Crippen molar-refractivity contribution in [3.63, 3.8) is 0 Å². The van der Waals surface area contributed by atoms with Crippen LogP contribution in [0.3, 0.4) is 0 Å². The van der Waals surface area contributed by atoms with Crippen LogP contribution in [0.5, 0.6) is 0 Å². The van der Waals surface area contributed by atoms with Crippen LogP contribution in [0.2, 0.25) is 0 Å². The average molecular weight is 410 g/mol. The van der Waals surface area contributed by atoms with Crippen molar-refractivity contribution >= 4 is 39.5 Å². The van der Waals surface area contributed by atoms with Gasteiger partial charge in [0.25, 0.3) is 11.7 Å². The van der Waals surface area contributed by atoms with Crippen LogP contribution in [0.25, 0.3) is 10.6 Å². The number of aromatic nitrogens is 1. The number of aryl methyl sites for hydroxylation is 2. The molecule has 0 saturated carbocycles. The summed E-state index contributed by atoms with van der Waals surface area (Å²) in [5.41, 5.74) is 1.91. The number of alkyl halides is 3. The Hall–Kier alpha value is -2.52. The molecule has 0 atom stereocenters. The zero-order valence-electron chi connectivity index (χ0n) is 14.2. The molecule has 0 unspecified atom stereocenters. The molecule has 2 aromatic heterocycles. The normalized spacial score (nSPS) is 11.4. The topological polar surface area (TPSA) is 59.1 Å². The second-order valence-corrected chi connectivity index (χ2v) is 7.72. The number of hydrogen-bond donors (Lipinski definition) is 1. The number of thiazole rings is 1. The van der Waals surface area contributed by atoms with E-state index in [1.54, 1.807) is 36.6 Å². The SMILES string of the molecule is Cc1ccc(C)c(C(=O)Nc2nc(-c3cccs3)c(C(=O)C(F)(F)F)s2)c1. The summed E-state index contributed by atoms with van der Waals surface area (Å²) in [6, 6.07) is 8.53. The summed E-state index contributed by atoms with van der Waals surface area (Å²) >= 11 is 1.68. The highest BCUT2D eigenvalue weighted by Crippen LogP contribution is 2.37. The molecule has 0 aliphatic heterocycles. The van der Waals surface area contributed by atoms with E-state index in [1.807, 2.05) is 13.0 Å². The van der Waals surface area contributed by atoms with Gasteiger partial charge in [-0.25, -0.2) is 4.98 Å². The summed E-state index contributed by atoms with van der Waals surface area (Å²) in [4.78, 5) is 28.3. The summed E-state index contributed by atoms with van der Waals surface area (Å²) < 4.78 is 38.8. The van der Waals surface area contributed by atoms with Crippen molar-refractivity contribution in [2.75, 3.05) is 5.32 Å². The molecule has 3 rings (SSSR count). The van der Waals surface area contributed by atoms with Crippen molar-refractivity contribution in [1.29, 1.82) is 0 Å². The van der Waals surface area contributed by atoms with Crippen LogP contribution in [0.15, 0.2) is 35.7 Å². The number of rotatable bonds is 4. The number of ketones is 1. The number of amides is 1. The molecule has 9 heteroatoms. The molecule has 2 heterocycles. The number of halogens is 3. The predicted octanol–water partition coefficient (Wildman–Crippen LogP) is 5.49. The van der Waals surface area contributed by atoms with Gasteiger partial charge in [0, 0.05) is 5.56 Å². The van der Waals surface area contributed by atoms with E-state index < -0.39 is 22.7 Å². The molecule has 1 amide bonds. The maximum Gasteiger partial charge on any atom is 0.455 e. The van der Waals surface area contributed by atoms with E-state index in [9.17, 15) is 22.8 Å². The Labute approximate surface area is 160 Å². The number of nitrogens with one attached hydrogen (secondary N) is 1. The molecule has 0 fully saturated rings. The van der Waals surface area contributed by atoms with Gasteiger partial charge >= 0.3 is 6.18 Å². The van der Waals surface area contributed by atoms with Crippen LogP contribution in [-0.2, 0) is 0 Å². The molecular weight excluding hydrogens is 397 g/mol. The average Bonchev–Trinajstić information content (AvgIpc) is 3.24. The number of nitrogens with zero attached hydrogens (tertiary/aromatic N) is 1. The van der Waals surface area contributed by atoms with E-state index in [0.717, 1.165) is 22.5 Å². The van der Waals surface area contributed by atoms with Crippen molar-refractivity contribution in [3.05, 3.63) is 57.3 Å². The predicted molar refractivity (Wildman–Crippen MR) is 99.7 cm³/mol. The number of carbonyl (C=O) groups is 2. The standard InChI is InChI=1S/C18H13F3N2O2S2/c1-9-5-6-10(2)11(8-9)16(25)23-17-22-13(12-4-3-7-26-12)14(27-17)15(24)18(19,20)21/h3-8H,1-2H3,(H,22,23,25). The molecule has 0 aliphatic rings. The number of hydrogen-bond acceptors (Lipinski definition) is 5. The van der Waals surface area contributed by atoms with Gasteiger partial charge in [-0.2, -0.15) is 13.2 Å². The van der Waals surface area contributed by atoms with Crippen LogP contribution < -0.4 is 5.32 Å². The van der Waals surface area contributed by atoms with Crippen molar-refractivity contribution in [2.45, 2.75) is 20.0 Å². The molecule has 0 radical (unpaired) electrons. The van der Waals surface area contributed by atoms with Crippen molar-refractivity contribution in [1.82, 2.24) is 4.98 Å². The highest BCUT2D eigenvalue weighted by molar-refractivity contribution is 7.19. The lowest BCUT2D eigenvalue weighted by Crippen LogP contribution is -2.22. The van der Waals surface area contributed by atoms with Crippen molar-refractivity contribution < 1.29 is 22.8 Å². The third-order valence-corrected chi connectivity index (χ3v) is 5.55. The van der Waals surface area contributed by atoms with E-state index in [-0.39, 0.29) is 10.8 Å². The first kappa shape index (κ1) is 19.2. The second kappa shape index (κ2) is 7.24. The summed E-state index contributed by atoms with van der Waals surface area (Å²) in [5, 5.41) is 4.12. The van der Waals surface area contributed by atoms with Gasteiger partial charge in [0.1, 0.15) is 10.6 Å². The molecule has 1 aromatic carbocycles. The van der Waals surface area contributed by atoms with Gasteiger partial charge in [-0.1, -0.05) is 35.1 Å². The molecule has 0 saturated heterocycles. The van der Waals surface area contributed by atoms with Crippen LogP contribution in [0.4, 0.5) is 18.3 Å². The minimum atomic E-state index is -5.02. The van der Waals surface area contributed by atoms with E-state index in [4.69, 9.17) is 0 Å². The zero-order chi connectivity index (χ0) is 19.8. The molecule has 27 heavy (non-hydrogen) atoms. The van der Waals surface area contributed by atoms with Gasteiger partial charge in [0.2, 0.25) is 0 Å². The third kappa shape index (κ3) is 4.09. The van der Waals surface area contributed by atoms with Gasteiger partial charge in [-0.15, -0.1) is 11.3 Å². The molecule has 0 bridgehead atoms. The quantitative estimate of drug-likeness (QED) is 0.579. The number of anilines is 1. The van der Waals surface area contributed by atoms with Gasteiger partial charge in [-0.05, 0) is 36.9 Å². The number of thiophene rings is 1. The Morgan fingerprint density at radius 2 is 1.89 bits per heavy atom. The summed E-state index contributed by atoms with van der Waals surface area (Å²) in [5.74, 6) is -2.47. The lowest BCUT2D eigenvalue weighted by atomic mass is 10.1. The number of benzene rings is 1. The summed E-state index contributed by atoms with van der Waals surface area (Å²) in [6.45, 7) is 3.58. The molecule has 140 valence electrons. The minimum absolute atomic E-state index is 0.0584. The smallest absolute Gasteiger partial charge is 0.298 e. The van der Waals surface area contributed by atoms with Crippen LogP contribution >= 0.6 is 22.7 Å². The summed E-state index contributed by atoms with van der Waals surface area (Å²) in [7, 11) is 0. The first-order valence-electron chi connectivity index (χ1n) is 7.71. The van der Waals surface area contributed by atoms with Crippen LogP contribution in [-0.4, -0.2) is 22.9 Å². The Bertz CT molecular complexity index is 1010. The lowest BCUT2D eigenvalue weighted by molar-refractivity contribution is -0.0882. The monoisotopic (exact) mass is 410 g/mol. The lowest BCUT2D eigenvalue weighted by Gasteiger charge is -2.06. The van der Waals surface area contributed by atoms with Gasteiger partial charge in [0.15, 0.2) is 5.13 Å². The van der Waals surface area contributed by atoms with Crippen molar-refractivity contribution in [2.24, 2.45) is 0 Å². The Morgan fingerprint density at radius 3 is 2.52 bits per heavy atom. The fraction of sp³-hybridized carbons (Fsp3) is 0.167. The molecular formula is C18H13F3N2O2S2. The largest absolute Gasteiger partial charge is 0.455 e. The van der Waals surface area contributed by atoms with E-state index in [0.29, 0.717) is 21.8 Å². The molecule has 3 aromatic rings. The highest BCUT2D eigenvalue weighted by Gasteiger charge is 2.42. The Balaban J connectivity index is 1.98. The van der Waals surface area contributed by atoms with Gasteiger partial charge < -0.3 is 0 Å². The molecule has 0 spiro atoms. The first-order valence-corrected chi connectivity index (χ1v) is 9.41. The summed E-state index contributed by atoms with van der Waals surface area (Å²) in [6.07, 6.45) is -5.02. The first-order chi connectivity index (χ1) is 12.7. The van der Waals surface area contributed by atoms with Crippen molar-refractivity contribution in [3.8, 4) is 10.6 Å². The molecule has 0 aliphatic carbocycles. The third-order valence-electron chi connectivity index (χ3n) is 3.70. The minimum Gasteiger partial charge on any atom is -0.298 e. The van der Waals surface area contributed by atoms with Gasteiger partial charge in [-0.3, -0.25) is 14.9 Å². The van der Waals surface area contributed by atoms with E-state index in [2.05, 4.69) is 10.3 Å². The fourth-order valence-electron chi connectivity index (χ4n) is 2.38. The fourth-order valence-corrected chi connectivity index (χ4v) is 4.10. The number of Topliss-reactive ketones (excluding diaryl/α,β-unsaturated/α-hetero) is 1. The second-order valence-electron chi connectivity index (χ2n) is 5.77. The number of carbonyl (C=O) groups excluding carboxylic acids is 2. The maximum atomic E-state index is 12.9. The van der Waals surface area contributed by atoms with Crippen LogP contribution in [0.1, 0.15) is 31.2 Å². The molecule has 4 nitrogen and oxygen atoms in total. The van der Waals surface area contributed by atoms with E-state index in [1.165, 1.54) is 0 Å². The Morgan fingerprint density at radius 1 is 1.15 bits per heavy atom. The maximum absolute atomic E-state index is 12.9.